The molecule has 8 nitrogen and oxygen atoms in total. The number of rotatable bonds is 6. The molecule has 0 aliphatic carbocycles. The van der Waals surface area contributed by atoms with E-state index >= 15 is 0 Å². The zero-order valence-electron chi connectivity index (χ0n) is 15.1. The second-order valence-corrected chi connectivity index (χ2v) is 6.31. The molecule has 0 saturated heterocycles. The SMILES string of the molecule is Cc1cc(C)n2nc(CC(=O)NCCCn3nc(C)cc3C)nc2n1. The summed E-state index contributed by atoms with van der Waals surface area (Å²) in [6, 6.07) is 3.98. The van der Waals surface area contributed by atoms with Crippen LogP contribution in [0.25, 0.3) is 5.78 Å². The number of aromatic nitrogens is 6. The summed E-state index contributed by atoms with van der Waals surface area (Å²) in [6.07, 6.45) is 0.980. The predicted octanol–water partition coefficient (Wildman–Crippen LogP) is 1.30. The molecule has 3 rings (SSSR count). The summed E-state index contributed by atoms with van der Waals surface area (Å²) in [5, 5.41) is 11.7. The van der Waals surface area contributed by atoms with Gasteiger partial charge < -0.3 is 5.32 Å². The Bertz CT molecular complexity index is 909. The molecule has 0 aliphatic heterocycles. The van der Waals surface area contributed by atoms with E-state index in [0.29, 0.717) is 18.1 Å². The first kappa shape index (κ1) is 17.1. The number of aryl methyl sites for hydroxylation is 5. The minimum atomic E-state index is -0.0846. The molecule has 0 spiro atoms. The van der Waals surface area contributed by atoms with Crippen molar-refractivity contribution in [1.29, 1.82) is 0 Å². The van der Waals surface area contributed by atoms with Gasteiger partial charge in [0.15, 0.2) is 5.82 Å². The third kappa shape index (κ3) is 4.01. The summed E-state index contributed by atoms with van der Waals surface area (Å²) >= 11 is 0. The number of fused-ring (bicyclic) bond motifs is 1. The zero-order valence-corrected chi connectivity index (χ0v) is 15.1. The third-order valence-corrected chi connectivity index (χ3v) is 3.95. The van der Waals surface area contributed by atoms with E-state index < -0.39 is 0 Å². The average molecular weight is 341 g/mol. The molecule has 0 unspecified atom stereocenters. The number of carbonyl (C=O) groups is 1. The van der Waals surface area contributed by atoms with Gasteiger partial charge in [0.2, 0.25) is 5.91 Å². The Morgan fingerprint density at radius 2 is 1.80 bits per heavy atom. The third-order valence-electron chi connectivity index (χ3n) is 3.95. The fraction of sp³-hybridized carbons (Fsp3) is 0.471. The van der Waals surface area contributed by atoms with Crippen LogP contribution in [-0.2, 0) is 17.8 Å². The number of nitrogens with zero attached hydrogens (tertiary/aromatic N) is 6. The maximum atomic E-state index is 12.1. The minimum Gasteiger partial charge on any atom is -0.356 e. The van der Waals surface area contributed by atoms with Crippen molar-refractivity contribution in [3.63, 3.8) is 0 Å². The number of hydrogen-bond donors (Lipinski definition) is 1. The van der Waals surface area contributed by atoms with Gasteiger partial charge in [-0.1, -0.05) is 0 Å². The second-order valence-electron chi connectivity index (χ2n) is 6.31. The molecule has 3 aromatic heterocycles. The van der Waals surface area contributed by atoms with E-state index in [9.17, 15) is 4.79 Å². The predicted molar refractivity (Wildman–Crippen MR) is 93.3 cm³/mol. The van der Waals surface area contributed by atoms with Gasteiger partial charge in [-0.2, -0.15) is 10.1 Å². The highest BCUT2D eigenvalue weighted by Crippen LogP contribution is 2.06. The molecule has 0 aliphatic rings. The number of hydrogen-bond acceptors (Lipinski definition) is 5. The molecular weight excluding hydrogens is 318 g/mol. The quantitative estimate of drug-likeness (QED) is 0.683. The first-order valence-electron chi connectivity index (χ1n) is 8.40. The van der Waals surface area contributed by atoms with Crippen LogP contribution in [-0.4, -0.2) is 41.8 Å². The molecule has 25 heavy (non-hydrogen) atoms. The molecule has 3 aromatic rings. The van der Waals surface area contributed by atoms with E-state index in [1.54, 1.807) is 4.52 Å². The highest BCUT2D eigenvalue weighted by molar-refractivity contribution is 5.77. The summed E-state index contributed by atoms with van der Waals surface area (Å²) in [6.45, 7) is 9.25. The van der Waals surface area contributed by atoms with Crippen LogP contribution in [0.5, 0.6) is 0 Å². The molecule has 0 bridgehead atoms. The summed E-state index contributed by atoms with van der Waals surface area (Å²) < 4.78 is 3.63. The van der Waals surface area contributed by atoms with Gasteiger partial charge >= 0.3 is 0 Å². The standard InChI is InChI=1S/C17H23N7O/c1-11-8-14(4)24-17(19-11)20-15(22-24)10-16(25)18-6-5-7-23-13(3)9-12(2)21-23/h8-9H,5-7,10H2,1-4H3,(H,18,25). The minimum absolute atomic E-state index is 0.0846. The normalized spacial score (nSPS) is 11.2. The van der Waals surface area contributed by atoms with Crippen molar-refractivity contribution in [3.8, 4) is 0 Å². The molecule has 0 aromatic carbocycles. The van der Waals surface area contributed by atoms with Crippen molar-refractivity contribution in [1.82, 2.24) is 34.7 Å². The van der Waals surface area contributed by atoms with E-state index in [1.807, 2.05) is 44.5 Å². The monoisotopic (exact) mass is 341 g/mol. The Hall–Kier alpha value is -2.77. The van der Waals surface area contributed by atoms with Crippen molar-refractivity contribution >= 4 is 11.7 Å². The van der Waals surface area contributed by atoms with Gasteiger partial charge in [0.1, 0.15) is 0 Å². The molecule has 0 saturated carbocycles. The molecule has 3 heterocycles. The Morgan fingerprint density at radius 1 is 1.04 bits per heavy atom. The maximum Gasteiger partial charge on any atom is 0.252 e. The van der Waals surface area contributed by atoms with Crippen LogP contribution in [0.3, 0.4) is 0 Å². The van der Waals surface area contributed by atoms with E-state index in [-0.39, 0.29) is 12.3 Å². The molecule has 132 valence electrons. The fourth-order valence-electron chi connectivity index (χ4n) is 2.85. The molecule has 0 atom stereocenters. The lowest BCUT2D eigenvalue weighted by molar-refractivity contribution is -0.120. The van der Waals surface area contributed by atoms with Gasteiger partial charge in [-0.25, -0.2) is 9.50 Å². The van der Waals surface area contributed by atoms with Crippen molar-refractivity contribution in [2.75, 3.05) is 6.54 Å². The maximum absolute atomic E-state index is 12.1. The summed E-state index contributed by atoms with van der Waals surface area (Å²) in [7, 11) is 0. The Morgan fingerprint density at radius 3 is 2.52 bits per heavy atom. The van der Waals surface area contributed by atoms with Gasteiger partial charge in [-0.15, -0.1) is 5.10 Å². The van der Waals surface area contributed by atoms with Crippen molar-refractivity contribution in [2.45, 2.75) is 47.1 Å². The van der Waals surface area contributed by atoms with Crippen molar-refractivity contribution < 1.29 is 4.79 Å². The molecule has 0 fully saturated rings. The first-order valence-corrected chi connectivity index (χ1v) is 8.40. The number of carbonyl (C=O) groups excluding carboxylic acids is 1. The number of nitrogens with one attached hydrogen (secondary N) is 1. The van der Waals surface area contributed by atoms with Crippen molar-refractivity contribution in [2.24, 2.45) is 0 Å². The van der Waals surface area contributed by atoms with Crippen LogP contribution in [0.4, 0.5) is 0 Å². The van der Waals surface area contributed by atoms with Crippen LogP contribution < -0.4 is 5.32 Å². The van der Waals surface area contributed by atoms with E-state index in [0.717, 1.165) is 35.7 Å². The first-order chi connectivity index (χ1) is 11.9. The highest BCUT2D eigenvalue weighted by atomic mass is 16.1. The van der Waals surface area contributed by atoms with Crippen LogP contribution in [0.1, 0.15) is 35.0 Å². The fourth-order valence-corrected chi connectivity index (χ4v) is 2.85. The molecule has 0 radical (unpaired) electrons. The van der Waals surface area contributed by atoms with E-state index in [2.05, 4.69) is 25.5 Å². The average Bonchev–Trinajstić information content (AvgIpc) is 3.06. The van der Waals surface area contributed by atoms with Gasteiger partial charge in [0, 0.05) is 30.2 Å². The van der Waals surface area contributed by atoms with Gasteiger partial charge in [-0.3, -0.25) is 9.48 Å². The van der Waals surface area contributed by atoms with Gasteiger partial charge in [0.25, 0.3) is 5.78 Å². The topological polar surface area (TPSA) is 90.0 Å². The van der Waals surface area contributed by atoms with Gasteiger partial charge in [-0.05, 0) is 46.2 Å². The van der Waals surface area contributed by atoms with E-state index in [4.69, 9.17) is 0 Å². The largest absolute Gasteiger partial charge is 0.356 e. The zero-order chi connectivity index (χ0) is 18.0. The van der Waals surface area contributed by atoms with Crippen molar-refractivity contribution in [3.05, 3.63) is 40.7 Å². The summed E-state index contributed by atoms with van der Waals surface area (Å²) in [4.78, 5) is 20.7. The number of amides is 1. The van der Waals surface area contributed by atoms with Crippen LogP contribution in [0, 0.1) is 27.7 Å². The van der Waals surface area contributed by atoms with Crippen LogP contribution in [0.15, 0.2) is 12.1 Å². The molecule has 8 heteroatoms. The second kappa shape index (κ2) is 7.00. The molecular formula is C17H23N7O. The van der Waals surface area contributed by atoms with Crippen LogP contribution >= 0.6 is 0 Å². The lowest BCUT2D eigenvalue weighted by Gasteiger charge is -2.05. The molecule has 1 N–H and O–H groups in total. The lowest BCUT2D eigenvalue weighted by atomic mass is 10.3. The van der Waals surface area contributed by atoms with Gasteiger partial charge in [0.05, 0.1) is 12.1 Å². The lowest BCUT2D eigenvalue weighted by Crippen LogP contribution is -2.27. The summed E-state index contributed by atoms with van der Waals surface area (Å²) in [5.41, 5.74) is 3.98. The Balaban J connectivity index is 1.51. The van der Waals surface area contributed by atoms with E-state index in [1.165, 1.54) is 0 Å². The highest BCUT2D eigenvalue weighted by Gasteiger charge is 2.11. The Labute approximate surface area is 146 Å². The summed E-state index contributed by atoms with van der Waals surface area (Å²) in [5.74, 6) is 0.931. The smallest absolute Gasteiger partial charge is 0.252 e. The molecule has 1 amide bonds. The Kier molecular flexibility index (Phi) is 4.78. The van der Waals surface area contributed by atoms with Crippen LogP contribution in [0.2, 0.25) is 0 Å².